The van der Waals surface area contributed by atoms with E-state index < -0.39 is 0 Å². The van der Waals surface area contributed by atoms with Crippen LogP contribution in [0.2, 0.25) is 0 Å². The quantitative estimate of drug-likeness (QED) is 0.677. The summed E-state index contributed by atoms with van der Waals surface area (Å²) in [5, 5.41) is 0. The fraction of sp³-hybridized carbons (Fsp3) is 0.111. The number of imidazole rings is 1. The molecular formula is C18H16N2O2. The Hall–Kier alpha value is -2.88. The molecular weight excluding hydrogens is 276 g/mol. The Morgan fingerprint density at radius 1 is 1.09 bits per heavy atom. The maximum Gasteiger partial charge on any atom is 0.185 e. The van der Waals surface area contributed by atoms with E-state index in [0.717, 1.165) is 28.9 Å². The van der Waals surface area contributed by atoms with Gasteiger partial charge in [-0.1, -0.05) is 42.5 Å². The second-order valence-corrected chi connectivity index (χ2v) is 4.94. The van der Waals surface area contributed by atoms with Gasteiger partial charge in [-0.3, -0.25) is 4.79 Å². The highest BCUT2D eigenvalue weighted by Gasteiger charge is 2.09. The summed E-state index contributed by atoms with van der Waals surface area (Å²) >= 11 is 0. The average molecular weight is 292 g/mol. The monoisotopic (exact) mass is 292 g/mol. The standard InChI is InChI=1S/C18H16N2O2/c1-22-16-9-7-14(8-10-16)11-20-12-17(19-18(20)13-21)15-5-3-2-4-6-15/h2-10,12-13H,11H2,1H3. The second kappa shape index (κ2) is 6.26. The number of aldehydes is 1. The average Bonchev–Trinajstić information content (AvgIpc) is 2.99. The summed E-state index contributed by atoms with van der Waals surface area (Å²) in [6.45, 7) is 0.595. The highest BCUT2D eigenvalue weighted by Crippen LogP contribution is 2.19. The Bertz CT molecular complexity index is 762. The van der Waals surface area contributed by atoms with Gasteiger partial charge in [-0.05, 0) is 17.7 Å². The lowest BCUT2D eigenvalue weighted by Crippen LogP contribution is -2.03. The van der Waals surface area contributed by atoms with Crippen molar-refractivity contribution in [1.82, 2.24) is 9.55 Å². The number of ether oxygens (including phenoxy) is 1. The third-order valence-electron chi connectivity index (χ3n) is 3.49. The zero-order valence-corrected chi connectivity index (χ0v) is 12.3. The number of benzene rings is 2. The van der Waals surface area contributed by atoms with Crippen LogP contribution in [0, 0.1) is 0 Å². The number of rotatable bonds is 5. The Morgan fingerprint density at radius 2 is 1.82 bits per heavy atom. The van der Waals surface area contributed by atoms with Crippen LogP contribution in [0.25, 0.3) is 11.3 Å². The Kier molecular flexibility index (Phi) is 4.01. The van der Waals surface area contributed by atoms with Gasteiger partial charge in [0.25, 0.3) is 0 Å². The van der Waals surface area contributed by atoms with Crippen molar-refractivity contribution in [3.8, 4) is 17.0 Å². The first kappa shape index (κ1) is 14.1. The van der Waals surface area contributed by atoms with E-state index in [9.17, 15) is 4.79 Å². The summed E-state index contributed by atoms with van der Waals surface area (Å²) in [6.07, 6.45) is 2.69. The van der Waals surface area contributed by atoms with Crippen LogP contribution in [0.15, 0.2) is 60.8 Å². The summed E-state index contributed by atoms with van der Waals surface area (Å²) in [6, 6.07) is 17.6. The van der Waals surface area contributed by atoms with Crippen molar-refractivity contribution in [3.05, 3.63) is 72.2 Å². The summed E-state index contributed by atoms with van der Waals surface area (Å²) in [5.74, 6) is 1.24. The number of aromatic nitrogens is 2. The Labute approximate surface area is 129 Å². The van der Waals surface area contributed by atoms with E-state index in [1.807, 2.05) is 65.4 Å². The van der Waals surface area contributed by atoms with Crippen molar-refractivity contribution in [2.75, 3.05) is 7.11 Å². The van der Waals surface area contributed by atoms with Gasteiger partial charge in [0.05, 0.1) is 12.8 Å². The fourth-order valence-electron chi connectivity index (χ4n) is 2.33. The van der Waals surface area contributed by atoms with Crippen LogP contribution in [0.5, 0.6) is 5.75 Å². The van der Waals surface area contributed by atoms with Gasteiger partial charge >= 0.3 is 0 Å². The predicted octanol–water partition coefficient (Wildman–Crippen LogP) is 3.42. The molecule has 0 fully saturated rings. The lowest BCUT2D eigenvalue weighted by Gasteiger charge is -2.05. The molecule has 0 N–H and O–H groups in total. The van der Waals surface area contributed by atoms with Gasteiger partial charge in [-0.15, -0.1) is 0 Å². The van der Waals surface area contributed by atoms with E-state index in [0.29, 0.717) is 12.4 Å². The predicted molar refractivity (Wildman–Crippen MR) is 85.1 cm³/mol. The molecule has 3 aromatic rings. The molecule has 3 rings (SSSR count). The van der Waals surface area contributed by atoms with Crippen LogP contribution in [-0.2, 0) is 6.54 Å². The second-order valence-electron chi connectivity index (χ2n) is 4.94. The zero-order valence-electron chi connectivity index (χ0n) is 12.3. The maximum atomic E-state index is 11.3. The topological polar surface area (TPSA) is 44.1 Å². The number of methoxy groups -OCH3 is 1. The molecule has 0 atom stereocenters. The molecule has 0 unspecified atom stereocenters. The van der Waals surface area contributed by atoms with Gasteiger partial charge in [0.15, 0.2) is 12.1 Å². The van der Waals surface area contributed by atoms with Crippen LogP contribution >= 0.6 is 0 Å². The summed E-state index contributed by atoms with van der Waals surface area (Å²) < 4.78 is 7.01. The third-order valence-corrected chi connectivity index (χ3v) is 3.49. The molecule has 0 saturated carbocycles. The first-order chi connectivity index (χ1) is 10.8. The van der Waals surface area contributed by atoms with Crippen molar-refractivity contribution in [1.29, 1.82) is 0 Å². The molecule has 1 heterocycles. The van der Waals surface area contributed by atoms with E-state index >= 15 is 0 Å². The smallest absolute Gasteiger partial charge is 0.185 e. The number of nitrogens with zero attached hydrogens (tertiary/aromatic N) is 2. The fourth-order valence-corrected chi connectivity index (χ4v) is 2.33. The van der Waals surface area contributed by atoms with Gasteiger partial charge < -0.3 is 9.30 Å². The van der Waals surface area contributed by atoms with Crippen molar-refractivity contribution in [3.63, 3.8) is 0 Å². The molecule has 1 aromatic heterocycles. The largest absolute Gasteiger partial charge is 0.497 e. The van der Waals surface area contributed by atoms with Gasteiger partial charge in [-0.2, -0.15) is 0 Å². The molecule has 0 saturated heterocycles. The third kappa shape index (κ3) is 2.91. The van der Waals surface area contributed by atoms with Gasteiger partial charge in [0.2, 0.25) is 0 Å². The summed E-state index contributed by atoms with van der Waals surface area (Å²) in [7, 11) is 1.64. The molecule has 4 heteroatoms. The lowest BCUT2D eigenvalue weighted by molar-refractivity contribution is 0.111. The number of hydrogen-bond acceptors (Lipinski definition) is 3. The number of carbonyl (C=O) groups is 1. The summed E-state index contributed by atoms with van der Waals surface area (Å²) in [5.41, 5.74) is 2.89. The van der Waals surface area contributed by atoms with E-state index in [1.165, 1.54) is 0 Å². The van der Waals surface area contributed by atoms with E-state index in [1.54, 1.807) is 7.11 Å². The van der Waals surface area contributed by atoms with Gasteiger partial charge in [0, 0.05) is 18.3 Å². The van der Waals surface area contributed by atoms with Crippen molar-refractivity contribution in [2.24, 2.45) is 0 Å². The van der Waals surface area contributed by atoms with E-state index in [2.05, 4.69) is 4.98 Å². The van der Waals surface area contributed by atoms with Gasteiger partial charge in [0.1, 0.15) is 5.75 Å². The minimum atomic E-state index is 0.426. The number of carbonyl (C=O) groups excluding carboxylic acids is 1. The highest BCUT2D eigenvalue weighted by atomic mass is 16.5. The molecule has 4 nitrogen and oxygen atoms in total. The molecule has 110 valence electrons. The maximum absolute atomic E-state index is 11.3. The van der Waals surface area contributed by atoms with Crippen molar-refractivity contribution >= 4 is 6.29 Å². The van der Waals surface area contributed by atoms with Crippen molar-refractivity contribution in [2.45, 2.75) is 6.54 Å². The van der Waals surface area contributed by atoms with Crippen LogP contribution in [0.1, 0.15) is 16.2 Å². The molecule has 0 aliphatic heterocycles. The van der Waals surface area contributed by atoms with Crippen LogP contribution in [0.3, 0.4) is 0 Å². The van der Waals surface area contributed by atoms with E-state index in [-0.39, 0.29) is 0 Å². The minimum absolute atomic E-state index is 0.426. The molecule has 0 aliphatic rings. The Morgan fingerprint density at radius 3 is 2.45 bits per heavy atom. The normalized spacial score (nSPS) is 10.4. The van der Waals surface area contributed by atoms with Crippen LogP contribution < -0.4 is 4.74 Å². The molecule has 0 aliphatic carbocycles. The zero-order chi connectivity index (χ0) is 15.4. The lowest BCUT2D eigenvalue weighted by atomic mass is 10.2. The minimum Gasteiger partial charge on any atom is -0.497 e. The molecule has 2 aromatic carbocycles. The summed E-state index contributed by atoms with van der Waals surface area (Å²) in [4.78, 5) is 15.7. The SMILES string of the molecule is COc1ccc(Cn2cc(-c3ccccc3)nc2C=O)cc1. The first-order valence-electron chi connectivity index (χ1n) is 7.01. The highest BCUT2D eigenvalue weighted by molar-refractivity contribution is 5.72. The first-order valence-corrected chi connectivity index (χ1v) is 7.01. The molecule has 0 spiro atoms. The number of hydrogen-bond donors (Lipinski definition) is 0. The van der Waals surface area contributed by atoms with Gasteiger partial charge in [-0.25, -0.2) is 4.98 Å². The van der Waals surface area contributed by atoms with Crippen LogP contribution in [-0.4, -0.2) is 22.9 Å². The van der Waals surface area contributed by atoms with E-state index in [4.69, 9.17) is 4.74 Å². The molecule has 0 bridgehead atoms. The molecule has 0 radical (unpaired) electrons. The van der Waals surface area contributed by atoms with Crippen molar-refractivity contribution < 1.29 is 9.53 Å². The molecule has 22 heavy (non-hydrogen) atoms. The van der Waals surface area contributed by atoms with Crippen LogP contribution in [0.4, 0.5) is 0 Å². The molecule has 0 amide bonds. The Balaban J connectivity index is 1.89.